The molecule has 4 aromatic rings. The van der Waals surface area contributed by atoms with Crippen molar-refractivity contribution in [1.29, 1.82) is 0 Å². The maximum atomic E-state index is 2.85. The van der Waals surface area contributed by atoms with Crippen molar-refractivity contribution in [2.45, 2.75) is 118 Å². The molecule has 4 aromatic carbocycles. The number of hydrogen-bond donors (Lipinski definition) is 0. The van der Waals surface area contributed by atoms with Gasteiger partial charge in [-0.25, -0.2) is 0 Å². The molecule has 0 amide bonds. The fourth-order valence-electron chi connectivity index (χ4n) is 9.39. The van der Waals surface area contributed by atoms with E-state index in [0.29, 0.717) is 7.25 Å². The first-order valence-electron chi connectivity index (χ1n) is 19.0. The number of allylic oxidation sites excluding steroid dienone is 2. The molecule has 1 fully saturated rings. The van der Waals surface area contributed by atoms with Gasteiger partial charge in [-0.2, -0.15) is 0 Å². The maximum absolute atomic E-state index is 2.85. The molecule has 0 N–H and O–H groups in total. The average Bonchev–Trinajstić information content (AvgIpc) is 3.60. The molecule has 0 saturated heterocycles. The molecule has 0 aliphatic heterocycles. The Morgan fingerprint density at radius 2 is 0.959 bits per heavy atom. The molecule has 0 aromatic heterocycles. The molecule has 0 spiro atoms. The van der Waals surface area contributed by atoms with Crippen LogP contribution in [0.3, 0.4) is 0 Å². The van der Waals surface area contributed by atoms with Crippen LogP contribution in [0.25, 0.3) is 34.4 Å². The molecular formula is C47H57SiZr. The number of rotatable bonds is 6. The molecule has 0 radical (unpaired) electrons. The minimum atomic E-state index is -2.23. The molecule has 0 bridgehead atoms. The third kappa shape index (κ3) is 6.67. The molecule has 0 nitrogen and oxygen atoms in total. The molecule has 2 heteroatoms. The molecule has 1 saturated carbocycles. The summed E-state index contributed by atoms with van der Waals surface area (Å²) in [4.78, 5) is 0. The van der Waals surface area contributed by atoms with Crippen molar-refractivity contribution in [3.05, 3.63) is 129 Å². The van der Waals surface area contributed by atoms with E-state index in [1.165, 1.54) is 76.6 Å². The second-order valence-corrected chi connectivity index (χ2v) is 36.1. The van der Waals surface area contributed by atoms with Crippen molar-refractivity contribution in [2.75, 3.05) is 0 Å². The van der Waals surface area contributed by atoms with E-state index in [1.807, 2.05) is 0 Å². The zero-order valence-electron chi connectivity index (χ0n) is 31.6. The molecule has 3 unspecified atom stereocenters. The van der Waals surface area contributed by atoms with Gasteiger partial charge in [0.15, 0.2) is 0 Å². The summed E-state index contributed by atoms with van der Waals surface area (Å²) in [5.41, 5.74) is 19.4. The van der Waals surface area contributed by atoms with Crippen molar-refractivity contribution in [3.8, 4) is 22.3 Å². The predicted molar refractivity (Wildman–Crippen MR) is 214 cm³/mol. The van der Waals surface area contributed by atoms with E-state index in [4.69, 9.17) is 0 Å². The van der Waals surface area contributed by atoms with Crippen LogP contribution in [0.5, 0.6) is 0 Å². The van der Waals surface area contributed by atoms with E-state index >= 15 is 0 Å². The van der Waals surface area contributed by atoms with Crippen LogP contribution in [0.1, 0.15) is 128 Å². The fourth-order valence-corrected chi connectivity index (χ4v) is 38.7. The van der Waals surface area contributed by atoms with Crippen molar-refractivity contribution in [1.82, 2.24) is 0 Å². The van der Waals surface area contributed by atoms with Crippen LogP contribution >= 0.6 is 0 Å². The SMILES string of the molecule is CC1=Cc2c(-c3ccc(C(C)(C)C)cc3)cccc2[CH]1[Zr]([CH]1C(C)=Cc2c(-c3ccc(C(C)(C)C)cc3)cccc21)[SiH](C)C1CCCCC1. The Bertz CT molecular complexity index is 1760. The molecule has 253 valence electrons. The van der Waals surface area contributed by atoms with E-state index in [9.17, 15) is 0 Å². The summed E-state index contributed by atoms with van der Waals surface area (Å²) in [5, 5.41) is 0. The second-order valence-electron chi connectivity index (χ2n) is 17.6. The Balaban J connectivity index is 1.32. The van der Waals surface area contributed by atoms with Gasteiger partial charge in [-0.3, -0.25) is 0 Å². The summed E-state index contributed by atoms with van der Waals surface area (Å²) < 4.78 is 1.34. The van der Waals surface area contributed by atoms with Crippen LogP contribution in [0.4, 0.5) is 0 Å². The predicted octanol–water partition coefficient (Wildman–Crippen LogP) is 13.5. The summed E-state index contributed by atoms with van der Waals surface area (Å²) in [6, 6.07) is 33.5. The quantitative estimate of drug-likeness (QED) is 0.173. The second kappa shape index (κ2) is 13.5. The van der Waals surface area contributed by atoms with Crippen LogP contribution in [0, 0.1) is 0 Å². The monoisotopic (exact) mass is 739 g/mol. The van der Waals surface area contributed by atoms with Crippen LogP contribution in [0.2, 0.25) is 12.1 Å². The molecule has 7 rings (SSSR count). The van der Waals surface area contributed by atoms with Crippen LogP contribution in [-0.4, -0.2) is 5.92 Å². The number of fused-ring (bicyclic) bond motifs is 2. The summed E-state index contributed by atoms with van der Waals surface area (Å²) in [6.07, 6.45) is 12.6. The topological polar surface area (TPSA) is 0 Å². The first-order valence-corrected chi connectivity index (χ1v) is 28.5. The van der Waals surface area contributed by atoms with Gasteiger partial charge in [0, 0.05) is 0 Å². The van der Waals surface area contributed by atoms with Gasteiger partial charge in [0.25, 0.3) is 0 Å². The van der Waals surface area contributed by atoms with Gasteiger partial charge in [-0.05, 0) is 0 Å². The molecule has 49 heavy (non-hydrogen) atoms. The normalized spacial score (nSPS) is 20.0. The first kappa shape index (κ1) is 34.9. The molecular weight excluding hydrogens is 684 g/mol. The van der Waals surface area contributed by atoms with Crippen LogP contribution < -0.4 is 0 Å². The van der Waals surface area contributed by atoms with E-state index in [2.05, 4.69) is 159 Å². The van der Waals surface area contributed by atoms with Gasteiger partial charge < -0.3 is 0 Å². The van der Waals surface area contributed by atoms with E-state index in [1.54, 1.807) is 22.3 Å². The van der Waals surface area contributed by atoms with E-state index in [0.717, 1.165) is 5.54 Å². The van der Waals surface area contributed by atoms with Crippen molar-refractivity contribution in [3.63, 3.8) is 0 Å². The third-order valence-corrected chi connectivity index (χ3v) is 37.6. The minimum absolute atomic E-state index is 0.165. The first-order chi connectivity index (χ1) is 23.3. The van der Waals surface area contributed by atoms with Gasteiger partial charge in [0.1, 0.15) is 0 Å². The average molecular weight is 741 g/mol. The van der Waals surface area contributed by atoms with Gasteiger partial charge in [0.05, 0.1) is 0 Å². The molecule has 3 atom stereocenters. The Kier molecular flexibility index (Phi) is 9.64. The summed E-state index contributed by atoms with van der Waals surface area (Å²) in [5.74, 6) is -1.02. The van der Waals surface area contributed by atoms with Crippen LogP contribution in [0.15, 0.2) is 96.1 Å². The van der Waals surface area contributed by atoms with Gasteiger partial charge in [-0.15, -0.1) is 0 Å². The summed E-state index contributed by atoms with van der Waals surface area (Å²) in [7, 11) is 0. The number of benzene rings is 4. The van der Waals surface area contributed by atoms with Gasteiger partial charge >= 0.3 is 308 Å². The zero-order valence-corrected chi connectivity index (χ0v) is 35.2. The van der Waals surface area contributed by atoms with Crippen molar-refractivity contribution < 1.29 is 20.9 Å². The van der Waals surface area contributed by atoms with Crippen molar-refractivity contribution >= 4 is 18.1 Å². The molecule has 3 aliphatic rings. The Morgan fingerprint density at radius 3 is 1.35 bits per heavy atom. The third-order valence-electron chi connectivity index (χ3n) is 12.2. The Labute approximate surface area is 306 Å². The Hall–Kier alpha value is -2.54. The fraction of sp³-hybridized carbons (Fsp3) is 0.404. The summed E-state index contributed by atoms with van der Waals surface area (Å²) in [6.45, 7) is 21.7. The van der Waals surface area contributed by atoms with Crippen molar-refractivity contribution in [2.24, 2.45) is 0 Å². The van der Waals surface area contributed by atoms with E-state index < -0.39 is 26.8 Å². The van der Waals surface area contributed by atoms with Gasteiger partial charge in [0.2, 0.25) is 0 Å². The van der Waals surface area contributed by atoms with Crippen LogP contribution in [-0.2, 0) is 31.7 Å². The Morgan fingerprint density at radius 1 is 0.551 bits per heavy atom. The number of hydrogen-bond acceptors (Lipinski definition) is 0. The van der Waals surface area contributed by atoms with E-state index in [-0.39, 0.29) is 10.8 Å². The summed E-state index contributed by atoms with van der Waals surface area (Å²) >= 11 is -2.23. The molecule has 3 aliphatic carbocycles. The molecule has 0 heterocycles. The standard InChI is InChI=1S/2C20H21.C7H15Si.Zr/c2*1-14-12-16-6-5-7-18(19(16)13-14)15-8-10-17(11-9-15)20(2,3)4;1-8-7-5-3-2-4-6-7;/h2*5-13H,1-4H3;7-8H,2-6H2,1H3;. The zero-order chi connectivity index (χ0) is 34.7. The van der Waals surface area contributed by atoms with Gasteiger partial charge in [-0.1, -0.05) is 0 Å².